The lowest BCUT2D eigenvalue weighted by Crippen LogP contribution is -2.45. The average Bonchev–Trinajstić information content (AvgIpc) is 2.66. The van der Waals surface area contributed by atoms with Crippen molar-refractivity contribution < 1.29 is 4.79 Å². The van der Waals surface area contributed by atoms with Crippen molar-refractivity contribution in [3.63, 3.8) is 0 Å². The van der Waals surface area contributed by atoms with Crippen LogP contribution < -0.4 is 16.2 Å². The highest BCUT2D eigenvalue weighted by Gasteiger charge is 2.19. The molecule has 5 heteroatoms. The van der Waals surface area contributed by atoms with E-state index in [0.717, 1.165) is 36.1 Å². The van der Waals surface area contributed by atoms with Crippen molar-refractivity contribution in [2.45, 2.75) is 46.0 Å². The number of carbonyl (C=O) groups excluding carboxylic acids is 1. The summed E-state index contributed by atoms with van der Waals surface area (Å²) in [7, 11) is 0. The average molecular weight is 370 g/mol. The monoisotopic (exact) mass is 369 g/mol. The van der Waals surface area contributed by atoms with Crippen LogP contribution in [0.1, 0.15) is 49.3 Å². The van der Waals surface area contributed by atoms with E-state index in [4.69, 9.17) is 12.2 Å². The first-order chi connectivity index (χ1) is 12.6. The van der Waals surface area contributed by atoms with Gasteiger partial charge >= 0.3 is 0 Å². The van der Waals surface area contributed by atoms with E-state index in [1.807, 2.05) is 49.4 Å². The molecule has 0 fully saturated rings. The number of thiocarbonyl (C=S) groups is 1. The molecule has 0 spiro atoms. The molecular formula is C21H27N3OS. The van der Waals surface area contributed by atoms with E-state index in [1.165, 1.54) is 5.56 Å². The van der Waals surface area contributed by atoms with E-state index in [-0.39, 0.29) is 11.8 Å². The molecule has 0 bridgehead atoms. The molecule has 2 aromatic rings. The zero-order chi connectivity index (χ0) is 18.9. The lowest BCUT2D eigenvalue weighted by atomic mass is 9.94. The highest BCUT2D eigenvalue weighted by Crippen LogP contribution is 2.22. The third-order valence-electron chi connectivity index (χ3n) is 4.37. The number of hydrogen-bond acceptors (Lipinski definition) is 2. The Morgan fingerprint density at radius 3 is 2.42 bits per heavy atom. The minimum atomic E-state index is -0.193. The van der Waals surface area contributed by atoms with E-state index < -0.39 is 0 Å². The summed E-state index contributed by atoms with van der Waals surface area (Å²) in [6.07, 6.45) is 2.62. The number of aryl methyl sites for hydroxylation is 2. The minimum absolute atomic E-state index is 0.0808. The Morgan fingerprint density at radius 2 is 1.77 bits per heavy atom. The number of para-hydroxylation sites is 1. The molecule has 0 aliphatic rings. The minimum Gasteiger partial charge on any atom is -0.331 e. The number of anilines is 1. The summed E-state index contributed by atoms with van der Waals surface area (Å²) in [6.45, 7) is 6.22. The van der Waals surface area contributed by atoms with Gasteiger partial charge in [0.1, 0.15) is 0 Å². The first kappa shape index (κ1) is 19.9. The van der Waals surface area contributed by atoms with Gasteiger partial charge < -0.3 is 5.32 Å². The van der Waals surface area contributed by atoms with Crippen LogP contribution in [0.25, 0.3) is 0 Å². The topological polar surface area (TPSA) is 53.2 Å². The number of carbonyl (C=O) groups is 1. The maximum absolute atomic E-state index is 12.6. The Kier molecular flexibility index (Phi) is 7.60. The Bertz CT molecular complexity index is 746. The fraction of sp³-hybridized carbons (Fsp3) is 0.333. The van der Waals surface area contributed by atoms with E-state index in [2.05, 4.69) is 36.1 Å². The Labute approximate surface area is 161 Å². The lowest BCUT2D eigenvalue weighted by Gasteiger charge is -2.19. The van der Waals surface area contributed by atoms with Gasteiger partial charge in [0.05, 0.1) is 5.92 Å². The first-order valence-electron chi connectivity index (χ1n) is 9.07. The van der Waals surface area contributed by atoms with Gasteiger partial charge in [-0.05, 0) is 48.7 Å². The van der Waals surface area contributed by atoms with Gasteiger partial charge in [0.25, 0.3) is 0 Å². The number of hydrogen-bond donors (Lipinski definition) is 3. The fourth-order valence-corrected chi connectivity index (χ4v) is 3.13. The van der Waals surface area contributed by atoms with Crippen molar-refractivity contribution in [1.82, 2.24) is 10.9 Å². The summed E-state index contributed by atoms with van der Waals surface area (Å²) >= 11 is 5.35. The van der Waals surface area contributed by atoms with Gasteiger partial charge in [-0.25, -0.2) is 0 Å². The molecule has 26 heavy (non-hydrogen) atoms. The quantitative estimate of drug-likeness (QED) is 0.520. The Morgan fingerprint density at radius 1 is 1.04 bits per heavy atom. The number of benzene rings is 2. The molecule has 0 saturated heterocycles. The van der Waals surface area contributed by atoms with Gasteiger partial charge in [-0.1, -0.05) is 68.8 Å². The zero-order valence-corrected chi connectivity index (χ0v) is 16.5. The molecular weight excluding hydrogens is 342 g/mol. The second-order valence-electron chi connectivity index (χ2n) is 6.28. The zero-order valence-electron chi connectivity index (χ0n) is 15.6. The standard InChI is InChI=1S/C21H27N3OS/c1-4-10-18(17-12-7-6-8-13-17)20(25)23-24-21(26)22-19-15(3)11-9-14-16(19)5-2/h6-9,11-14,18H,4-5,10H2,1-3H3,(H,23,25)(H2,22,24,26)/t18-/m1/s1. The molecule has 2 aromatic carbocycles. The van der Waals surface area contributed by atoms with Crippen molar-refractivity contribution >= 4 is 28.9 Å². The predicted molar refractivity (Wildman–Crippen MR) is 112 cm³/mol. The summed E-state index contributed by atoms with van der Waals surface area (Å²) < 4.78 is 0. The smallest absolute Gasteiger partial charge is 0.245 e. The summed E-state index contributed by atoms with van der Waals surface area (Å²) in [6, 6.07) is 16.0. The van der Waals surface area contributed by atoms with Gasteiger partial charge in [0, 0.05) is 5.69 Å². The highest BCUT2D eigenvalue weighted by atomic mass is 32.1. The van der Waals surface area contributed by atoms with Gasteiger partial charge in [-0.2, -0.15) is 0 Å². The van der Waals surface area contributed by atoms with E-state index >= 15 is 0 Å². The largest absolute Gasteiger partial charge is 0.331 e. The summed E-state index contributed by atoms with van der Waals surface area (Å²) in [5.41, 5.74) is 9.91. The molecule has 4 nitrogen and oxygen atoms in total. The van der Waals surface area contributed by atoms with Crippen LogP contribution in [0.4, 0.5) is 5.69 Å². The summed E-state index contributed by atoms with van der Waals surface area (Å²) in [4.78, 5) is 12.6. The molecule has 3 N–H and O–H groups in total. The fourth-order valence-electron chi connectivity index (χ4n) is 2.98. The first-order valence-corrected chi connectivity index (χ1v) is 9.47. The van der Waals surface area contributed by atoms with Crippen LogP contribution in [0.3, 0.4) is 0 Å². The molecule has 0 aromatic heterocycles. The number of amides is 1. The Balaban J connectivity index is 1.99. The molecule has 1 amide bonds. The van der Waals surface area contributed by atoms with Crippen LogP contribution in [0.2, 0.25) is 0 Å². The highest BCUT2D eigenvalue weighted by molar-refractivity contribution is 7.80. The lowest BCUT2D eigenvalue weighted by molar-refractivity contribution is -0.123. The van der Waals surface area contributed by atoms with E-state index in [0.29, 0.717) is 5.11 Å². The van der Waals surface area contributed by atoms with Crippen LogP contribution in [0, 0.1) is 6.92 Å². The van der Waals surface area contributed by atoms with Gasteiger partial charge in [0.15, 0.2) is 5.11 Å². The number of rotatable bonds is 6. The third-order valence-corrected chi connectivity index (χ3v) is 4.58. The van der Waals surface area contributed by atoms with Crippen molar-refractivity contribution in [3.05, 3.63) is 65.2 Å². The van der Waals surface area contributed by atoms with E-state index in [1.54, 1.807) is 0 Å². The van der Waals surface area contributed by atoms with Crippen LogP contribution in [-0.2, 0) is 11.2 Å². The van der Waals surface area contributed by atoms with Crippen molar-refractivity contribution in [2.75, 3.05) is 5.32 Å². The second kappa shape index (κ2) is 9.92. The van der Waals surface area contributed by atoms with Crippen LogP contribution >= 0.6 is 12.2 Å². The normalized spacial score (nSPS) is 11.5. The molecule has 138 valence electrons. The van der Waals surface area contributed by atoms with Crippen LogP contribution in [-0.4, -0.2) is 11.0 Å². The Hall–Kier alpha value is -2.40. The summed E-state index contributed by atoms with van der Waals surface area (Å²) in [5.74, 6) is -0.274. The predicted octanol–water partition coefficient (Wildman–Crippen LogP) is 4.46. The van der Waals surface area contributed by atoms with Gasteiger partial charge in [-0.15, -0.1) is 0 Å². The molecule has 1 atom stereocenters. The molecule has 0 saturated carbocycles. The van der Waals surface area contributed by atoms with E-state index in [9.17, 15) is 4.79 Å². The van der Waals surface area contributed by atoms with Crippen LogP contribution in [0.5, 0.6) is 0 Å². The van der Waals surface area contributed by atoms with Crippen molar-refractivity contribution in [2.24, 2.45) is 0 Å². The van der Waals surface area contributed by atoms with Gasteiger partial charge in [0.2, 0.25) is 5.91 Å². The third kappa shape index (κ3) is 5.30. The van der Waals surface area contributed by atoms with Crippen molar-refractivity contribution in [1.29, 1.82) is 0 Å². The molecule has 0 aliphatic carbocycles. The van der Waals surface area contributed by atoms with Gasteiger partial charge in [-0.3, -0.25) is 15.6 Å². The summed E-state index contributed by atoms with van der Waals surface area (Å²) in [5, 5.41) is 3.58. The molecule has 0 unspecified atom stereocenters. The molecule has 0 aliphatic heterocycles. The molecule has 0 radical (unpaired) electrons. The van der Waals surface area contributed by atoms with Crippen LogP contribution in [0.15, 0.2) is 48.5 Å². The molecule has 2 rings (SSSR count). The van der Waals surface area contributed by atoms with Crippen molar-refractivity contribution in [3.8, 4) is 0 Å². The number of hydrazine groups is 1. The maximum Gasteiger partial charge on any atom is 0.245 e. The maximum atomic E-state index is 12.6. The number of nitrogens with one attached hydrogen (secondary N) is 3. The molecule has 0 heterocycles. The SMILES string of the molecule is CCC[C@@H](C(=O)NNC(=S)Nc1c(C)cccc1CC)c1ccccc1. The second-order valence-corrected chi connectivity index (χ2v) is 6.69.